The number of hydrogen-bond donors (Lipinski definition) is 2. The molecule has 3 aromatic carbocycles. The molecule has 1 amide bonds. The Kier molecular flexibility index (Phi) is 7.07. The lowest BCUT2D eigenvalue weighted by Gasteiger charge is -2.13. The van der Waals surface area contributed by atoms with Crippen molar-refractivity contribution < 1.29 is 14.3 Å². The van der Waals surface area contributed by atoms with Crippen molar-refractivity contribution in [3.8, 4) is 22.8 Å². The van der Waals surface area contributed by atoms with Crippen molar-refractivity contribution in [2.45, 2.75) is 4.90 Å². The molecule has 1 aromatic heterocycles. The second-order valence-corrected chi connectivity index (χ2v) is 9.04. The molecule has 0 saturated heterocycles. The summed E-state index contributed by atoms with van der Waals surface area (Å²) in [4.78, 5) is 17.5. The van der Waals surface area contributed by atoms with E-state index in [0.717, 1.165) is 21.2 Å². The molecule has 0 unspecified atom stereocenters. The van der Waals surface area contributed by atoms with Gasteiger partial charge in [0.05, 0.1) is 19.9 Å². The number of benzene rings is 3. The lowest BCUT2D eigenvalue weighted by Crippen LogP contribution is -2.26. The third kappa shape index (κ3) is 4.64. The number of nitrogens with one attached hydrogen (secondary N) is 2. The zero-order chi connectivity index (χ0) is 22.5. The molecule has 1 heterocycles. The molecular formula is C25H23BrN2O3S. The van der Waals surface area contributed by atoms with Gasteiger partial charge in [-0.1, -0.05) is 52.3 Å². The predicted octanol–water partition coefficient (Wildman–Crippen LogP) is 6.14. The first-order chi connectivity index (χ1) is 15.6. The molecule has 0 atom stereocenters. The van der Waals surface area contributed by atoms with Crippen molar-refractivity contribution in [3.05, 3.63) is 76.8 Å². The van der Waals surface area contributed by atoms with Gasteiger partial charge in [-0.2, -0.15) is 0 Å². The second kappa shape index (κ2) is 10.1. The third-order valence-electron chi connectivity index (χ3n) is 5.08. The largest absolute Gasteiger partial charge is 0.496 e. The number of aromatic nitrogens is 1. The molecule has 5 nitrogen and oxygen atoms in total. The van der Waals surface area contributed by atoms with Gasteiger partial charge in [-0.25, -0.2) is 0 Å². The Hall–Kier alpha value is -2.90. The summed E-state index contributed by atoms with van der Waals surface area (Å²) in [5.74, 6) is 1.48. The topological polar surface area (TPSA) is 63.4 Å². The molecule has 0 spiro atoms. The van der Waals surface area contributed by atoms with Crippen LogP contribution in [0.1, 0.15) is 10.4 Å². The number of fused-ring (bicyclic) bond motifs is 1. The average molecular weight is 511 g/mol. The van der Waals surface area contributed by atoms with Crippen LogP contribution in [0.5, 0.6) is 11.5 Å². The molecule has 0 aliphatic heterocycles. The van der Waals surface area contributed by atoms with E-state index in [1.54, 1.807) is 44.2 Å². The van der Waals surface area contributed by atoms with Gasteiger partial charge in [-0.05, 0) is 35.9 Å². The molecule has 2 N–H and O–H groups in total. The number of rotatable bonds is 8. The van der Waals surface area contributed by atoms with E-state index in [1.807, 2.05) is 24.3 Å². The minimum atomic E-state index is -0.216. The first-order valence-corrected chi connectivity index (χ1v) is 11.9. The summed E-state index contributed by atoms with van der Waals surface area (Å²) in [6.07, 6.45) is 0. The zero-order valence-electron chi connectivity index (χ0n) is 17.8. The highest BCUT2D eigenvalue weighted by molar-refractivity contribution is 9.10. The van der Waals surface area contributed by atoms with E-state index in [2.05, 4.69) is 50.5 Å². The highest BCUT2D eigenvalue weighted by atomic mass is 79.9. The summed E-state index contributed by atoms with van der Waals surface area (Å²) >= 11 is 5.22. The van der Waals surface area contributed by atoms with Gasteiger partial charge < -0.3 is 19.8 Å². The van der Waals surface area contributed by atoms with E-state index < -0.39 is 0 Å². The van der Waals surface area contributed by atoms with Gasteiger partial charge in [0.1, 0.15) is 17.1 Å². The van der Waals surface area contributed by atoms with Crippen molar-refractivity contribution >= 4 is 44.5 Å². The average Bonchev–Trinajstić information content (AvgIpc) is 3.20. The van der Waals surface area contributed by atoms with Crippen molar-refractivity contribution in [1.29, 1.82) is 0 Å². The standard InChI is InChI=1S/C25H23BrN2O3S/c1-30-20-8-5-9-21(31-2)22(20)25(29)27-14-15-32-24-18-6-3-4-7-19(18)28-23(24)16-10-12-17(26)13-11-16/h3-13,28H,14-15H2,1-2H3,(H,27,29). The lowest BCUT2D eigenvalue weighted by atomic mass is 10.1. The number of para-hydroxylation sites is 1. The van der Waals surface area contributed by atoms with Crippen LogP contribution in [0.15, 0.2) is 76.1 Å². The molecule has 0 fully saturated rings. The fraction of sp³-hybridized carbons (Fsp3) is 0.160. The van der Waals surface area contributed by atoms with E-state index in [1.165, 1.54) is 10.3 Å². The van der Waals surface area contributed by atoms with Gasteiger partial charge in [-0.15, -0.1) is 11.8 Å². The maximum absolute atomic E-state index is 12.8. The number of amides is 1. The minimum Gasteiger partial charge on any atom is -0.496 e. The van der Waals surface area contributed by atoms with Crippen molar-refractivity contribution in [2.24, 2.45) is 0 Å². The molecular weight excluding hydrogens is 488 g/mol. The van der Waals surface area contributed by atoms with Crippen molar-refractivity contribution in [1.82, 2.24) is 10.3 Å². The maximum atomic E-state index is 12.8. The smallest absolute Gasteiger partial charge is 0.258 e. The molecule has 164 valence electrons. The van der Waals surface area contributed by atoms with Crippen molar-refractivity contribution in [3.63, 3.8) is 0 Å². The summed E-state index contributed by atoms with van der Waals surface area (Å²) < 4.78 is 11.7. The SMILES string of the molecule is COc1cccc(OC)c1C(=O)NCCSc1c(-c2ccc(Br)cc2)[nH]c2ccccc12. The second-order valence-electron chi connectivity index (χ2n) is 7.02. The normalized spacial score (nSPS) is 10.8. The molecule has 4 rings (SSSR count). The van der Waals surface area contributed by atoms with Crippen LogP contribution in [0.4, 0.5) is 0 Å². The summed E-state index contributed by atoms with van der Waals surface area (Å²) in [5.41, 5.74) is 3.71. The number of methoxy groups -OCH3 is 2. The van der Waals surface area contributed by atoms with E-state index >= 15 is 0 Å². The summed E-state index contributed by atoms with van der Waals surface area (Å²) in [5, 5.41) is 4.16. The molecule has 0 saturated carbocycles. The molecule has 7 heteroatoms. The Bertz CT molecular complexity index is 1220. The van der Waals surface area contributed by atoms with Crippen LogP contribution in [-0.2, 0) is 0 Å². The third-order valence-corrected chi connectivity index (χ3v) is 6.73. The molecule has 4 aromatic rings. The number of H-pyrrole nitrogens is 1. The Labute approximate surface area is 199 Å². The van der Waals surface area contributed by atoms with Gasteiger partial charge in [0.25, 0.3) is 5.91 Å². The van der Waals surface area contributed by atoms with E-state index in [9.17, 15) is 4.79 Å². The lowest BCUT2D eigenvalue weighted by molar-refractivity contribution is 0.0950. The first-order valence-electron chi connectivity index (χ1n) is 10.1. The number of hydrogen-bond acceptors (Lipinski definition) is 4. The van der Waals surface area contributed by atoms with Gasteiger partial charge in [-0.3, -0.25) is 4.79 Å². The maximum Gasteiger partial charge on any atom is 0.258 e. The highest BCUT2D eigenvalue weighted by Crippen LogP contribution is 2.38. The van der Waals surface area contributed by atoms with E-state index in [-0.39, 0.29) is 5.91 Å². The van der Waals surface area contributed by atoms with Gasteiger partial charge >= 0.3 is 0 Å². The molecule has 0 radical (unpaired) electrons. The Morgan fingerprint density at radius 1 is 0.969 bits per heavy atom. The van der Waals surface area contributed by atoms with Crippen LogP contribution >= 0.6 is 27.7 Å². The predicted molar refractivity (Wildman–Crippen MR) is 134 cm³/mol. The first kappa shape index (κ1) is 22.3. The summed E-state index contributed by atoms with van der Waals surface area (Å²) in [6.45, 7) is 0.504. The van der Waals surface area contributed by atoms with Crippen LogP contribution in [0.2, 0.25) is 0 Å². The number of carbonyl (C=O) groups is 1. The van der Waals surface area contributed by atoms with Gasteiger partial charge in [0, 0.05) is 32.6 Å². The molecule has 0 bridgehead atoms. The molecule has 32 heavy (non-hydrogen) atoms. The molecule has 0 aliphatic carbocycles. The van der Waals surface area contributed by atoms with Crippen molar-refractivity contribution in [2.75, 3.05) is 26.5 Å². The monoisotopic (exact) mass is 510 g/mol. The van der Waals surface area contributed by atoms with Gasteiger partial charge in [0.15, 0.2) is 0 Å². The van der Waals surface area contributed by atoms with Crippen LogP contribution in [0.3, 0.4) is 0 Å². The minimum absolute atomic E-state index is 0.216. The quantitative estimate of drug-likeness (QED) is 0.221. The summed E-state index contributed by atoms with van der Waals surface area (Å²) in [7, 11) is 3.09. The van der Waals surface area contributed by atoms with E-state index in [0.29, 0.717) is 29.4 Å². The van der Waals surface area contributed by atoms with Crippen LogP contribution in [-0.4, -0.2) is 37.4 Å². The summed E-state index contributed by atoms with van der Waals surface area (Å²) in [6, 6.07) is 21.8. The zero-order valence-corrected chi connectivity index (χ0v) is 20.2. The van der Waals surface area contributed by atoms with Crippen LogP contribution in [0.25, 0.3) is 22.2 Å². The fourth-order valence-electron chi connectivity index (χ4n) is 3.57. The Morgan fingerprint density at radius 2 is 1.66 bits per heavy atom. The number of thioether (sulfide) groups is 1. The Balaban J connectivity index is 1.50. The highest BCUT2D eigenvalue weighted by Gasteiger charge is 2.18. The van der Waals surface area contributed by atoms with E-state index in [4.69, 9.17) is 9.47 Å². The number of halogens is 1. The fourth-order valence-corrected chi connectivity index (χ4v) is 4.89. The van der Waals surface area contributed by atoms with Crippen LogP contribution < -0.4 is 14.8 Å². The number of carbonyl (C=O) groups excluding carboxylic acids is 1. The van der Waals surface area contributed by atoms with Crippen LogP contribution in [0, 0.1) is 0 Å². The Morgan fingerprint density at radius 3 is 2.34 bits per heavy atom. The number of aromatic amines is 1. The molecule has 0 aliphatic rings. The number of ether oxygens (including phenoxy) is 2. The van der Waals surface area contributed by atoms with Gasteiger partial charge in [0.2, 0.25) is 0 Å².